The Morgan fingerprint density at radius 3 is 2.89 bits per heavy atom. The molecule has 1 amide bonds. The molecule has 0 radical (unpaired) electrons. The standard InChI is InChI=1S/C13H17N3O2/c17-13(16-7-4-14-5-8-16)10-2-1-3-11-12(10)18-9-6-15-11/h1-3,14-15H,4-9H2. The molecule has 1 aromatic rings. The molecule has 2 aliphatic heterocycles. The molecule has 18 heavy (non-hydrogen) atoms. The van der Waals surface area contributed by atoms with Gasteiger partial charge in [-0.05, 0) is 12.1 Å². The summed E-state index contributed by atoms with van der Waals surface area (Å²) in [4.78, 5) is 14.3. The van der Waals surface area contributed by atoms with Crippen LogP contribution in [0.5, 0.6) is 5.75 Å². The lowest BCUT2D eigenvalue weighted by Crippen LogP contribution is -2.46. The number of hydrogen-bond acceptors (Lipinski definition) is 4. The second-order valence-electron chi connectivity index (χ2n) is 4.50. The Morgan fingerprint density at radius 1 is 1.22 bits per heavy atom. The van der Waals surface area contributed by atoms with E-state index in [0.29, 0.717) is 17.9 Å². The van der Waals surface area contributed by atoms with Crippen LogP contribution in [0.1, 0.15) is 10.4 Å². The van der Waals surface area contributed by atoms with Gasteiger partial charge in [0.05, 0.1) is 11.3 Å². The second-order valence-corrected chi connectivity index (χ2v) is 4.50. The van der Waals surface area contributed by atoms with Gasteiger partial charge in [-0.3, -0.25) is 4.79 Å². The van der Waals surface area contributed by atoms with Crippen LogP contribution in [-0.2, 0) is 0 Å². The Balaban J connectivity index is 1.89. The number of para-hydroxylation sites is 1. The molecule has 0 atom stereocenters. The van der Waals surface area contributed by atoms with Crippen molar-refractivity contribution >= 4 is 11.6 Å². The van der Waals surface area contributed by atoms with Crippen molar-refractivity contribution in [3.8, 4) is 5.75 Å². The first-order valence-electron chi connectivity index (χ1n) is 6.36. The van der Waals surface area contributed by atoms with Gasteiger partial charge >= 0.3 is 0 Å². The number of benzene rings is 1. The Kier molecular flexibility index (Phi) is 3.06. The van der Waals surface area contributed by atoms with E-state index in [1.54, 1.807) is 0 Å². The van der Waals surface area contributed by atoms with Crippen LogP contribution in [0.15, 0.2) is 18.2 Å². The van der Waals surface area contributed by atoms with Gasteiger partial charge in [0, 0.05) is 32.7 Å². The highest BCUT2D eigenvalue weighted by molar-refractivity contribution is 5.99. The maximum Gasteiger partial charge on any atom is 0.257 e. The van der Waals surface area contributed by atoms with Crippen LogP contribution in [0.2, 0.25) is 0 Å². The molecule has 0 aliphatic carbocycles. The smallest absolute Gasteiger partial charge is 0.257 e. The lowest BCUT2D eigenvalue weighted by molar-refractivity contribution is 0.0731. The minimum Gasteiger partial charge on any atom is -0.489 e. The molecule has 5 nitrogen and oxygen atoms in total. The third kappa shape index (κ3) is 2.01. The quantitative estimate of drug-likeness (QED) is 0.760. The average Bonchev–Trinajstić information content (AvgIpc) is 2.47. The molecule has 0 aromatic heterocycles. The molecular formula is C13H17N3O2. The number of anilines is 1. The fraction of sp³-hybridized carbons (Fsp3) is 0.462. The Hall–Kier alpha value is -1.75. The summed E-state index contributed by atoms with van der Waals surface area (Å²) < 4.78 is 5.64. The number of fused-ring (bicyclic) bond motifs is 1. The highest BCUT2D eigenvalue weighted by Gasteiger charge is 2.24. The number of piperazine rings is 1. The van der Waals surface area contributed by atoms with Crippen molar-refractivity contribution in [2.75, 3.05) is 44.6 Å². The van der Waals surface area contributed by atoms with Crippen LogP contribution in [0, 0.1) is 0 Å². The molecular weight excluding hydrogens is 230 g/mol. The van der Waals surface area contributed by atoms with Gasteiger partial charge in [0.25, 0.3) is 5.91 Å². The van der Waals surface area contributed by atoms with Crippen molar-refractivity contribution in [3.63, 3.8) is 0 Å². The van der Waals surface area contributed by atoms with E-state index in [-0.39, 0.29) is 5.91 Å². The minimum absolute atomic E-state index is 0.0667. The Morgan fingerprint density at radius 2 is 2.06 bits per heavy atom. The maximum atomic E-state index is 12.5. The second kappa shape index (κ2) is 4.86. The van der Waals surface area contributed by atoms with Crippen LogP contribution in [0.3, 0.4) is 0 Å². The van der Waals surface area contributed by atoms with Crippen molar-refractivity contribution in [1.29, 1.82) is 0 Å². The van der Waals surface area contributed by atoms with Gasteiger partial charge in [0.15, 0.2) is 5.75 Å². The number of rotatable bonds is 1. The lowest BCUT2D eigenvalue weighted by Gasteiger charge is -2.29. The summed E-state index contributed by atoms with van der Waals surface area (Å²) in [5.74, 6) is 0.768. The zero-order chi connectivity index (χ0) is 12.4. The van der Waals surface area contributed by atoms with Gasteiger partial charge in [-0.25, -0.2) is 0 Å². The molecule has 1 saturated heterocycles. The molecule has 1 fully saturated rings. The van der Waals surface area contributed by atoms with Gasteiger partial charge in [0.2, 0.25) is 0 Å². The Bertz CT molecular complexity index is 456. The lowest BCUT2D eigenvalue weighted by atomic mass is 10.1. The van der Waals surface area contributed by atoms with E-state index in [0.717, 1.165) is 38.4 Å². The van der Waals surface area contributed by atoms with Crippen LogP contribution in [0.25, 0.3) is 0 Å². The van der Waals surface area contributed by atoms with E-state index < -0.39 is 0 Å². The van der Waals surface area contributed by atoms with Crippen molar-refractivity contribution < 1.29 is 9.53 Å². The number of nitrogens with one attached hydrogen (secondary N) is 2. The van der Waals surface area contributed by atoms with Crippen LogP contribution in [-0.4, -0.2) is 50.1 Å². The van der Waals surface area contributed by atoms with Crippen LogP contribution in [0.4, 0.5) is 5.69 Å². The molecule has 0 spiro atoms. The van der Waals surface area contributed by atoms with E-state index in [4.69, 9.17) is 4.74 Å². The first-order chi connectivity index (χ1) is 8.86. The molecule has 0 saturated carbocycles. The highest BCUT2D eigenvalue weighted by atomic mass is 16.5. The minimum atomic E-state index is 0.0667. The summed E-state index contributed by atoms with van der Waals surface area (Å²) in [6.07, 6.45) is 0. The first-order valence-corrected chi connectivity index (χ1v) is 6.36. The Labute approximate surface area is 106 Å². The number of nitrogens with zero attached hydrogens (tertiary/aromatic N) is 1. The summed E-state index contributed by atoms with van der Waals surface area (Å²) >= 11 is 0. The third-order valence-electron chi connectivity index (χ3n) is 3.31. The molecule has 2 N–H and O–H groups in total. The van der Waals surface area contributed by atoms with Gasteiger partial charge in [-0.2, -0.15) is 0 Å². The molecule has 3 rings (SSSR count). The largest absolute Gasteiger partial charge is 0.489 e. The zero-order valence-corrected chi connectivity index (χ0v) is 10.2. The van der Waals surface area contributed by atoms with Gasteiger partial charge < -0.3 is 20.3 Å². The average molecular weight is 247 g/mol. The number of carbonyl (C=O) groups excluding carboxylic acids is 1. The number of amides is 1. The molecule has 1 aromatic carbocycles. The normalized spacial score (nSPS) is 18.6. The van der Waals surface area contributed by atoms with Crippen molar-refractivity contribution in [2.45, 2.75) is 0 Å². The van der Waals surface area contributed by atoms with E-state index in [9.17, 15) is 4.79 Å². The topological polar surface area (TPSA) is 53.6 Å². The van der Waals surface area contributed by atoms with E-state index in [1.165, 1.54) is 0 Å². The summed E-state index contributed by atoms with van der Waals surface area (Å²) in [7, 11) is 0. The van der Waals surface area contributed by atoms with E-state index in [2.05, 4.69) is 10.6 Å². The fourth-order valence-electron chi connectivity index (χ4n) is 2.38. The number of ether oxygens (including phenoxy) is 1. The monoisotopic (exact) mass is 247 g/mol. The predicted molar refractivity (Wildman–Crippen MR) is 69.2 cm³/mol. The van der Waals surface area contributed by atoms with Crippen molar-refractivity contribution in [1.82, 2.24) is 10.2 Å². The maximum absolute atomic E-state index is 12.5. The third-order valence-corrected chi connectivity index (χ3v) is 3.31. The summed E-state index contributed by atoms with van der Waals surface area (Å²) in [6.45, 7) is 4.64. The van der Waals surface area contributed by atoms with Crippen molar-refractivity contribution in [2.24, 2.45) is 0 Å². The van der Waals surface area contributed by atoms with Crippen LogP contribution < -0.4 is 15.4 Å². The van der Waals surface area contributed by atoms with Gasteiger partial charge in [-0.15, -0.1) is 0 Å². The summed E-state index contributed by atoms with van der Waals surface area (Å²) in [5, 5.41) is 6.50. The molecule has 2 heterocycles. The number of hydrogen-bond donors (Lipinski definition) is 2. The number of carbonyl (C=O) groups is 1. The molecule has 2 aliphatic rings. The SMILES string of the molecule is O=C(c1cccc2c1OCCN2)N1CCNCC1. The molecule has 96 valence electrons. The van der Waals surface area contributed by atoms with Crippen LogP contribution >= 0.6 is 0 Å². The predicted octanol–water partition coefficient (Wildman–Crippen LogP) is 0.536. The van der Waals surface area contributed by atoms with E-state index >= 15 is 0 Å². The first kappa shape index (κ1) is 11.3. The molecule has 0 bridgehead atoms. The highest BCUT2D eigenvalue weighted by Crippen LogP contribution is 2.31. The fourth-order valence-corrected chi connectivity index (χ4v) is 2.38. The van der Waals surface area contributed by atoms with E-state index in [1.807, 2.05) is 23.1 Å². The van der Waals surface area contributed by atoms with Gasteiger partial charge in [0.1, 0.15) is 6.61 Å². The molecule has 5 heteroatoms. The molecule has 0 unspecified atom stereocenters. The summed E-state index contributed by atoms with van der Waals surface area (Å²) in [5.41, 5.74) is 1.59. The van der Waals surface area contributed by atoms with Crippen molar-refractivity contribution in [3.05, 3.63) is 23.8 Å². The zero-order valence-electron chi connectivity index (χ0n) is 10.2. The summed E-state index contributed by atoms with van der Waals surface area (Å²) in [6, 6.07) is 5.69. The van der Waals surface area contributed by atoms with Gasteiger partial charge in [-0.1, -0.05) is 6.07 Å².